The molecule has 0 aliphatic rings. The maximum Gasteiger partial charge on any atom is 0.261 e. The third kappa shape index (κ3) is 3.94. The van der Waals surface area contributed by atoms with Crippen molar-refractivity contribution in [3.8, 4) is 0 Å². The van der Waals surface area contributed by atoms with Gasteiger partial charge in [-0.15, -0.1) is 0 Å². The quantitative estimate of drug-likeness (QED) is 0.493. The molecule has 1 N–H and O–H groups in total. The number of hydrogen-bond donors (Lipinski definition) is 1. The molecule has 0 fully saturated rings. The summed E-state index contributed by atoms with van der Waals surface area (Å²) in [5, 5.41) is 3.69. The average Bonchev–Trinajstić information content (AvgIpc) is 2.72. The minimum Gasteiger partial charge on any atom is -0.438 e. The van der Waals surface area contributed by atoms with Crippen molar-refractivity contribution < 1.29 is 13.6 Å². The lowest BCUT2D eigenvalue weighted by Crippen LogP contribution is -2.22. The number of carbonyl (C=O) groups excluding carboxylic acids is 1. The number of carbonyl (C=O) groups is 1. The number of nitrogens with zero attached hydrogens (tertiary/aromatic N) is 1. The number of benzene rings is 3. The molecule has 0 unspecified atom stereocenters. The van der Waals surface area contributed by atoms with Gasteiger partial charge in [-0.25, -0.2) is 9.38 Å². The van der Waals surface area contributed by atoms with E-state index in [2.05, 4.69) is 10.3 Å². The van der Waals surface area contributed by atoms with E-state index in [1.807, 2.05) is 56.3 Å². The number of amides is 1. The predicted molar refractivity (Wildman–Crippen MR) is 112 cm³/mol. The van der Waals surface area contributed by atoms with E-state index >= 15 is 0 Å². The fourth-order valence-electron chi connectivity index (χ4n) is 3.03. The van der Waals surface area contributed by atoms with Crippen molar-refractivity contribution in [3.05, 3.63) is 101 Å². The molecule has 144 valence electrons. The van der Waals surface area contributed by atoms with Crippen LogP contribution in [-0.4, -0.2) is 5.91 Å². The zero-order valence-electron chi connectivity index (χ0n) is 16.1. The molecule has 1 aromatic heterocycles. The first-order valence-electron chi connectivity index (χ1n) is 9.22. The molecule has 1 amide bonds. The second-order valence-electron chi connectivity index (χ2n) is 6.81. The van der Waals surface area contributed by atoms with Crippen LogP contribution in [0.2, 0.25) is 0 Å². The highest BCUT2D eigenvalue weighted by Gasteiger charge is 2.14. The van der Waals surface area contributed by atoms with E-state index in [1.54, 1.807) is 18.2 Å². The molecule has 4 rings (SSSR count). The van der Waals surface area contributed by atoms with Crippen LogP contribution >= 0.6 is 0 Å². The van der Waals surface area contributed by atoms with Crippen LogP contribution in [0.1, 0.15) is 21.5 Å². The lowest BCUT2D eigenvalue weighted by molar-refractivity contribution is 0.102. The Labute approximate surface area is 167 Å². The van der Waals surface area contributed by atoms with Crippen LogP contribution < -0.4 is 10.9 Å². The highest BCUT2D eigenvalue weighted by molar-refractivity contribution is 6.05. The molecule has 0 spiro atoms. The Kier molecular flexibility index (Phi) is 4.96. The number of para-hydroxylation sites is 2. The molecule has 0 saturated heterocycles. The first-order chi connectivity index (χ1) is 14.0. The molecule has 29 heavy (non-hydrogen) atoms. The highest BCUT2D eigenvalue weighted by Crippen LogP contribution is 2.21. The molecule has 0 bridgehead atoms. The number of fused-ring (bicyclic) bond motifs is 1. The molecule has 4 aromatic rings. The number of hydrogen-bond acceptors (Lipinski definition) is 3. The van der Waals surface area contributed by atoms with E-state index < -0.39 is 5.82 Å². The molecule has 3 aromatic carbocycles. The summed E-state index contributed by atoms with van der Waals surface area (Å²) in [7, 11) is 0. The van der Waals surface area contributed by atoms with Gasteiger partial charge in [0, 0.05) is 11.1 Å². The summed E-state index contributed by atoms with van der Waals surface area (Å²) in [6.45, 7) is 3.74. The molecule has 0 aliphatic heterocycles. The average molecular weight is 386 g/mol. The maximum absolute atomic E-state index is 13.7. The smallest absolute Gasteiger partial charge is 0.261 e. The van der Waals surface area contributed by atoms with Gasteiger partial charge in [-0.3, -0.25) is 4.79 Å². The summed E-state index contributed by atoms with van der Waals surface area (Å²) in [6, 6.07) is 21.0. The van der Waals surface area contributed by atoms with E-state index in [0.717, 1.165) is 16.5 Å². The fraction of sp³-hybridized carbons (Fsp3) is 0.0833. The molecule has 0 saturated carbocycles. The fourth-order valence-corrected chi connectivity index (χ4v) is 3.03. The topological polar surface area (TPSA) is 54.6 Å². The minimum absolute atomic E-state index is 0.128. The van der Waals surface area contributed by atoms with E-state index in [4.69, 9.17) is 4.42 Å². The molecule has 0 aliphatic carbocycles. The van der Waals surface area contributed by atoms with Crippen LogP contribution in [0, 0.1) is 19.7 Å². The van der Waals surface area contributed by atoms with Crippen LogP contribution in [0.15, 0.2) is 82.2 Å². The number of anilines is 1. The van der Waals surface area contributed by atoms with E-state index in [1.165, 1.54) is 12.1 Å². The summed E-state index contributed by atoms with van der Waals surface area (Å²) in [4.78, 5) is 17.5. The van der Waals surface area contributed by atoms with E-state index in [-0.39, 0.29) is 17.0 Å². The predicted octanol–water partition coefficient (Wildman–Crippen LogP) is 5.67. The summed E-state index contributed by atoms with van der Waals surface area (Å²) in [6.07, 6.45) is 0. The number of halogens is 1. The van der Waals surface area contributed by atoms with Gasteiger partial charge in [0.25, 0.3) is 5.91 Å². The largest absolute Gasteiger partial charge is 0.438 e. The molecular formula is C24H19FN2O2. The summed E-state index contributed by atoms with van der Waals surface area (Å²) >= 11 is 0. The van der Waals surface area contributed by atoms with Crippen LogP contribution in [0.4, 0.5) is 15.8 Å². The van der Waals surface area contributed by atoms with Gasteiger partial charge in [-0.1, -0.05) is 42.5 Å². The first-order valence-corrected chi connectivity index (χ1v) is 9.22. The zero-order chi connectivity index (χ0) is 20.4. The molecule has 0 radical (unpaired) electrons. The normalized spacial score (nSPS) is 11.6. The first kappa shape index (κ1) is 18.6. The second-order valence-corrected chi connectivity index (χ2v) is 6.81. The second kappa shape index (κ2) is 7.72. The Bertz CT molecular complexity index is 1290. The zero-order valence-corrected chi connectivity index (χ0v) is 16.1. The van der Waals surface area contributed by atoms with Gasteiger partial charge in [-0.05, 0) is 55.3 Å². The van der Waals surface area contributed by atoms with Crippen LogP contribution in [0.25, 0.3) is 11.0 Å². The van der Waals surface area contributed by atoms with Gasteiger partial charge in [-0.2, -0.15) is 0 Å². The van der Waals surface area contributed by atoms with Crippen LogP contribution in [0.5, 0.6) is 0 Å². The lowest BCUT2D eigenvalue weighted by Gasteiger charge is -2.09. The Morgan fingerprint density at radius 1 is 0.931 bits per heavy atom. The van der Waals surface area contributed by atoms with Crippen molar-refractivity contribution >= 4 is 28.3 Å². The molecule has 4 nitrogen and oxygen atoms in total. The SMILES string of the molecule is Cc1ccc(F)cc1N=c1oc2ccccc2cc1C(=O)Nc1ccccc1C. The third-order valence-electron chi connectivity index (χ3n) is 4.69. The lowest BCUT2D eigenvalue weighted by atomic mass is 10.1. The van der Waals surface area contributed by atoms with Crippen molar-refractivity contribution in [3.63, 3.8) is 0 Å². The maximum atomic E-state index is 13.7. The Morgan fingerprint density at radius 3 is 2.52 bits per heavy atom. The summed E-state index contributed by atoms with van der Waals surface area (Å²) < 4.78 is 19.7. The van der Waals surface area contributed by atoms with Crippen molar-refractivity contribution in [1.29, 1.82) is 0 Å². The van der Waals surface area contributed by atoms with Gasteiger partial charge < -0.3 is 9.73 Å². The van der Waals surface area contributed by atoms with E-state index in [9.17, 15) is 9.18 Å². The monoisotopic (exact) mass is 386 g/mol. The van der Waals surface area contributed by atoms with Gasteiger partial charge in [0.05, 0.1) is 5.69 Å². The van der Waals surface area contributed by atoms with Crippen molar-refractivity contribution in [2.75, 3.05) is 5.32 Å². The summed E-state index contributed by atoms with van der Waals surface area (Å²) in [5.74, 6) is -0.748. The third-order valence-corrected chi connectivity index (χ3v) is 4.69. The Hall–Kier alpha value is -3.73. The number of nitrogens with one attached hydrogen (secondary N) is 1. The van der Waals surface area contributed by atoms with Crippen molar-refractivity contribution in [2.45, 2.75) is 13.8 Å². The van der Waals surface area contributed by atoms with Crippen LogP contribution in [-0.2, 0) is 0 Å². The Balaban J connectivity index is 1.89. The van der Waals surface area contributed by atoms with Crippen molar-refractivity contribution in [2.24, 2.45) is 4.99 Å². The number of aryl methyl sites for hydroxylation is 2. The van der Waals surface area contributed by atoms with Crippen LogP contribution in [0.3, 0.4) is 0 Å². The molecule has 0 atom stereocenters. The van der Waals surface area contributed by atoms with Gasteiger partial charge in [0.1, 0.15) is 17.0 Å². The highest BCUT2D eigenvalue weighted by atomic mass is 19.1. The summed E-state index contributed by atoms with van der Waals surface area (Å²) in [5.41, 5.74) is 3.83. The minimum atomic E-state index is -0.402. The molecule has 1 heterocycles. The van der Waals surface area contributed by atoms with Gasteiger partial charge in [0.2, 0.25) is 5.55 Å². The number of rotatable bonds is 3. The van der Waals surface area contributed by atoms with Gasteiger partial charge in [0.15, 0.2) is 0 Å². The van der Waals surface area contributed by atoms with E-state index in [0.29, 0.717) is 17.0 Å². The van der Waals surface area contributed by atoms with Crippen molar-refractivity contribution in [1.82, 2.24) is 0 Å². The van der Waals surface area contributed by atoms with Gasteiger partial charge >= 0.3 is 0 Å². The Morgan fingerprint density at radius 2 is 1.69 bits per heavy atom. The molecule has 5 heteroatoms. The standard InChI is InChI=1S/C24H19FN2O2/c1-15-7-3-5-9-20(15)26-23(28)19-13-17-8-4-6-10-22(17)29-24(19)27-21-14-18(25)12-11-16(21)2/h3-14H,1-2H3,(H,26,28). The molecular weight excluding hydrogens is 367 g/mol.